The van der Waals surface area contributed by atoms with Gasteiger partial charge in [-0.1, -0.05) is 0 Å². The Morgan fingerprint density at radius 3 is 2.78 bits per heavy atom. The summed E-state index contributed by atoms with van der Waals surface area (Å²) in [5.74, 6) is -0.374. The van der Waals surface area contributed by atoms with Crippen LogP contribution in [0.2, 0.25) is 0 Å². The molecule has 0 aromatic heterocycles. The fourth-order valence-corrected chi connectivity index (χ4v) is 0.491. The monoisotopic (exact) mass is 123 g/mol. The van der Waals surface area contributed by atoms with Crippen molar-refractivity contribution in [1.29, 1.82) is 0 Å². The highest BCUT2D eigenvalue weighted by Crippen LogP contribution is 1.97. The highest BCUT2D eigenvalue weighted by Gasteiger charge is 1.88. The average molecular weight is 123 g/mol. The van der Waals surface area contributed by atoms with Crippen LogP contribution in [-0.4, -0.2) is 6.29 Å². The van der Waals surface area contributed by atoms with Crippen LogP contribution in [0.3, 0.4) is 0 Å². The van der Waals surface area contributed by atoms with Gasteiger partial charge in [0.25, 0.3) is 0 Å². The van der Waals surface area contributed by atoms with Crippen molar-refractivity contribution in [3.05, 3.63) is 35.6 Å². The third-order valence-electron chi connectivity index (χ3n) is 0.926. The largest absolute Gasteiger partial charge is 0.298 e. The van der Waals surface area contributed by atoms with Gasteiger partial charge in [0.15, 0.2) is 6.29 Å². The van der Waals surface area contributed by atoms with E-state index in [2.05, 4.69) is 6.07 Å². The highest BCUT2D eigenvalue weighted by atomic mass is 19.1. The molecule has 0 saturated carbocycles. The lowest BCUT2D eigenvalue weighted by molar-refractivity contribution is 0.112. The molecule has 0 aliphatic heterocycles. The first-order chi connectivity index (χ1) is 4.33. The molecule has 0 saturated heterocycles. The molecule has 0 spiro atoms. The Balaban J connectivity index is 3.01. The van der Waals surface area contributed by atoms with Crippen LogP contribution in [0.15, 0.2) is 18.2 Å². The first kappa shape index (κ1) is 5.95. The molecule has 0 unspecified atom stereocenters. The first-order valence-corrected chi connectivity index (χ1v) is 2.45. The molecule has 0 atom stereocenters. The minimum absolute atomic E-state index is 0.372. The van der Waals surface area contributed by atoms with Gasteiger partial charge in [-0.3, -0.25) is 4.79 Å². The molecule has 1 aromatic rings. The molecule has 1 nitrogen and oxygen atoms in total. The smallest absolute Gasteiger partial charge is 0.150 e. The quantitative estimate of drug-likeness (QED) is 0.516. The normalized spacial score (nSPS) is 9.00. The molecule has 0 bridgehead atoms. The van der Waals surface area contributed by atoms with E-state index in [4.69, 9.17) is 0 Å². The summed E-state index contributed by atoms with van der Waals surface area (Å²) in [7, 11) is 0. The van der Waals surface area contributed by atoms with Crippen molar-refractivity contribution in [2.75, 3.05) is 0 Å². The minimum Gasteiger partial charge on any atom is -0.298 e. The lowest BCUT2D eigenvalue weighted by Gasteiger charge is -1.85. The van der Waals surface area contributed by atoms with Crippen molar-refractivity contribution in [3.8, 4) is 0 Å². The SMILES string of the molecule is O=Cc1[c]cc(F)cc1. The van der Waals surface area contributed by atoms with E-state index >= 15 is 0 Å². The van der Waals surface area contributed by atoms with E-state index in [1.165, 1.54) is 12.1 Å². The molecule has 0 fully saturated rings. The standard InChI is InChI=1S/C7H4FO/c8-7-3-1-6(5-9)2-4-7/h1,3-5H. The lowest BCUT2D eigenvalue weighted by Crippen LogP contribution is -1.78. The number of aldehydes is 1. The average Bonchev–Trinajstić information content (AvgIpc) is 1.90. The van der Waals surface area contributed by atoms with Crippen LogP contribution in [0, 0.1) is 11.9 Å². The van der Waals surface area contributed by atoms with Crippen molar-refractivity contribution >= 4 is 6.29 Å². The second-order valence-electron chi connectivity index (χ2n) is 1.58. The van der Waals surface area contributed by atoms with Crippen LogP contribution < -0.4 is 0 Å². The number of benzene rings is 1. The third kappa shape index (κ3) is 1.35. The van der Waals surface area contributed by atoms with Gasteiger partial charge in [-0.15, -0.1) is 0 Å². The number of hydrogen-bond acceptors (Lipinski definition) is 1. The summed E-state index contributed by atoms with van der Waals surface area (Å²) in [6.07, 6.45) is 0.624. The summed E-state index contributed by atoms with van der Waals surface area (Å²) in [5.41, 5.74) is 0.372. The van der Waals surface area contributed by atoms with E-state index in [0.717, 1.165) is 6.07 Å². The fourth-order valence-electron chi connectivity index (χ4n) is 0.491. The number of carbonyl (C=O) groups is 1. The van der Waals surface area contributed by atoms with E-state index in [-0.39, 0.29) is 5.82 Å². The van der Waals surface area contributed by atoms with E-state index in [1.54, 1.807) is 0 Å². The maximum Gasteiger partial charge on any atom is 0.150 e. The third-order valence-corrected chi connectivity index (χ3v) is 0.926. The zero-order valence-electron chi connectivity index (χ0n) is 4.60. The van der Waals surface area contributed by atoms with Crippen LogP contribution in [-0.2, 0) is 0 Å². The Bertz CT molecular complexity index is 203. The topological polar surface area (TPSA) is 17.1 Å². The zero-order chi connectivity index (χ0) is 6.69. The fraction of sp³-hybridized carbons (Fsp3) is 0. The van der Waals surface area contributed by atoms with Crippen molar-refractivity contribution < 1.29 is 9.18 Å². The first-order valence-electron chi connectivity index (χ1n) is 2.45. The molecule has 2 heteroatoms. The van der Waals surface area contributed by atoms with Crippen LogP contribution in [0.1, 0.15) is 10.4 Å². The van der Waals surface area contributed by atoms with E-state index < -0.39 is 0 Å². The number of rotatable bonds is 1. The zero-order valence-corrected chi connectivity index (χ0v) is 4.60. The molecule has 0 aliphatic rings. The van der Waals surface area contributed by atoms with Crippen molar-refractivity contribution in [2.24, 2.45) is 0 Å². The predicted octanol–water partition coefficient (Wildman–Crippen LogP) is 1.44. The Morgan fingerprint density at radius 1 is 1.56 bits per heavy atom. The Hall–Kier alpha value is -1.18. The van der Waals surface area contributed by atoms with Crippen LogP contribution in [0.5, 0.6) is 0 Å². The molecule has 0 amide bonds. The molecule has 45 valence electrons. The van der Waals surface area contributed by atoms with Crippen molar-refractivity contribution in [1.82, 2.24) is 0 Å². The van der Waals surface area contributed by atoms with Crippen LogP contribution >= 0.6 is 0 Å². The number of halogens is 1. The predicted molar refractivity (Wildman–Crippen MR) is 30.6 cm³/mol. The van der Waals surface area contributed by atoms with Gasteiger partial charge in [0, 0.05) is 5.56 Å². The van der Waals surface area contributed by atoms with E-state index in [0.29, 0.717) is 11.8 Å². The summed E-state index contributed by atoms with van der Waals surface area (Å²) in [5, 5.41) is 0. The van der Waals surface area contributed by atoms with Crippen molar-refractivity contribution in [3.63, 3.8) is 0 Å². The van der Waals surface area contributed by atoms with Gasteiger partial charge in [0.2, 0.25) is 0 Å². The minimum atomic E-state index is -0.374. The van der Waals surface area contributed by atoms with Gasteiger partial charge in [-0.2, -0.15) is 0 Å². The summed E-state index contributed by atoms with van der Waals surface area (Å²) in [4.78, 5) is 9.96. The number of hydrogen-bond donors (Lipinski definition) is 0. The molecule has 1 radical (unpaired) electrons. The summed E-state index contributed by atoms with van der Waals surface area (Å²) < 4.78 is 12.1. The Morgan fingerprint density at radius 2 is 2.33 bits per heavy atom. The van der Waals surface area contributed by atoms with E-state index in [1.807, 2.05) is 0 Å². The molecule has 9 heavy (non-hydrogen) atoms. The van der Waals surface area contributed by atoms with Crippen LogP contribution in [0.4, 0.5) is 4.39 Å². The maximum absolute atomic E-state index is 12.1. The Labute approximate surface area is 52.1 Å². The summed E-state index contributed by atoms with van der Waals surface area (Å²) in [6, 6.07) is 6.17. The molecular weight excluding hydrogens is 119 g/mol. The highest BCUT2D eigenvalue weighted by molar-refractivity contribution is 5.73. The van der Waals surface area contributed by atoms with Gasteiger partial charge >= 0.3 is 0 Å². The molecular formula is C7H4FO. The molecule has 0 heterocycles. The summed E-state index contributed by atoms with van der Waals surface area (Å²) >= 11 is 0. The second-order valence-corrected chi connectivity index (χ2v) is 1.58. The second kappa shape index (κ2) is 2.40. The van der Waals surface area contributed by atoms with Gasteiger partial charge < -0.3 is 0 Å². The number of carbonyl (C=O) groups excluding carboxylic acids is 1. The Kier molecular flexibility index (Phi) is 1.58. The molecule has 1 aromatic carbocycles. The van der Waals surface area contributed by atoms with E-state index in [9.17, 15) is 9.18 Å². The van der Waals surface area contributed by atoms with Gasteiger partial charge in [-0.25, -0.2) is 4.39 Å². The maximum atomic E-state index is 12.1. The van der Waals surface area contributed by atoms with Gasteiger partial charge in [-0.05, 0) is 24.3 Å². The molecule has 0 N–H and O–H groups in total. The molecule has 1 rings (SSSR count). The molecule has 0 aliphatic carbocycles. The van der Waals surface area contributed by atoms with Gasteiger partial charge in [0.1, 0.15) is 5.82 Å². The van der Waals surface area contributed by atoms with Crippen LogP contribution in [0.25, 0.3) is 0 Å². The summed E-state index contributed by atoms with van der Waals surface area (Å²) in [6.45, 7) is 0. The lowest BCUT2D eigenvalue weighted by atomic mass is 10.2. The van der Waals surface area contributed by atoms with Crippen molar-refractivity contribution in [2.45, 2.75) is 0 Å². The van der Waals surface area contributed by atoms with Gasteiger partial charge in [0.05, 0.1) is 0 Å².